The van der Waals surface area contributed by atoms with Crippen LogP contribution in [0.3, 0.4) is 0 Å². The smallest absolute Gasteiger partial charge is 0.234 e. The standard InChI is InChI=1S/C20H21N3O3S/c1-14(24)21-15-8-10-16(11-9-15)27-13-19(25)22-17-5-2-3-6-18(17)23-12-4-7-20(23)26/h2-3,5-6,8-11H,4,7,12-13H2,1H3,(H,21,24)(H,22,25). The summed E-state index contributed by atoms with van der Waals surface area (Å²) in [6, 6.07) is 14.7. The van der Waals surface area contributed by atoms with Crippen LogP contribution in [0.25, 0.3) is 0 Å². The van der Waals surface area contributed by atoms with E-state index in [9.17, 15) is 14.4 Å². The highest BCUT2D eigenvalue weighted by atomic mass is 32.2. The lowest BCUT2D eigenvalue weighted by molar-refractivity contribution is -0.117. The topological polar surface area (TPSA) is 78.5 Å². The lowest BCUT2D eigenvalue weighted by atomic mass is 10.2. The van der Waals surface area contributed by atoms with Crippen LogP contribution >= 0.6 is 11.8 Å². The van der Waals surface area contributed by atoms with E-state index >= 15 is 0 Å². The number of nitrogens with one attached hydrogen (secondary N) is 2. The summed E-state index contributed by atoms with van der Waals surface area (Å²) in [4.78, 5) is 38.0. The molecular weight excluding hydrogens is 362 g/mol. The van der Waals surface area contributed by atoms with Gasteiger partial charge in [0.2, 0.25) is 17.7 Å². The van der Waals surface area contributed by atoms with Gasteiger partial charge in [0.1, 0.15) is 0 Å². The van der Waals surface area contributed by atoms with Crippen LogP contribution in [0, 0.1) is 0 Å². The summed E-state index contributed by atoms with van der Waals surface area (Å²) in [5.74, 6) is 0.0854. The van der Waals surface area contributed by atoms with Crippen molar-refractivity contribution in [2.45, 2.75) is 24.7 Å². The molecule has 3 amide bonds. The van der Waals surface area contributed by atoms with Crippen LogP contribution in [0.1, 0.15) is 19.8 Å². The van der Waals surface area contributed by atoms with Crippen LogP contribution in [0.2, 0.25) is 0 Å². The second kappa shape index (κ2) is 8.73. The highest BCUT2D eigenvalue weighted by molar-refractivity contribution is 8.00. The molecule has 1 aliphatic heterocycles. The van der Waals surface area contributed by atoms with Gasteiger partial charge in [0.25, 0.3) is 0 Å². The summed E-state index contributed by atoms with van der Waals surface area (Å²) in [6.07, 6.45) is 1.39. The van der Waals surface area contributed by atoms with Gasteiger partial charge in [0.05, 0.1) is 17.1 Å². The molecular formula is C20H21N3O3S. The molecule has 2 aromatic carbocycles. The van der Waals surface area contributed by atoms with E-state index in [0.717, 1.165) is 22.7 Å². The first kappa shape index (κ1) is 19.0. The normalized spacial score (nSPS) is 13.5. The molecule has 2 N–H and O–H groups in total. The summed E-state index contributed by atoms with van der Waals surface area (Å²) in [6.45, 7) is 2.14. The summed E-state index contributed by atoms with van der Waals surface area (Å²) in [5, 5.41) is 5.61. The SMILES string of the molecule is CC(=O)Nc1ccc(SCC(=O)Nc2ccccc2N2CCCC2=O)cc1. The Kier molecular flexibility index (Phi) is 6.13. The zero-order valence-electron chi connectivity index (χ0n) is 15.0. The van der Waals surface area contributed by atoms with Crippen LogP contribution in [-0.2, 0) is 14.4 Å². The zero-order valence-corrected chi connectivity index (χ0v) is 15.8. The number of rotatable bonds is 6. The molecule has 3 rings (SSSR count). The van der Waals surface area contributed by atoms with Gasteiger partial charge in [-0.15, -0.1) is 11.8 Å². The number of carbonyl (C=O) groups is 3. The average molecular weight is 383 g/mol. The molecule has 0 saturated carbocycles. The molecule has 1 heterocycles. The van der Waals surface area contributed by atoms with Gasteiger partial charge in [0, 0.05) is 30.5 Å². The zero-order chi connectivity index (χ0) is 19.2. The molecule has 0 bridgehead atoms. The van der Waals surface area contributed by atoms with Gasteiger partial charge in [-0.25, -0.2) is 0 Å². The van der Waals surface area contributed by atoms with Gasteiger partial charge in [0.15, 0.2) is 0 Å². The van der Waals surface area contributed by atoms with E-state index in [1.165, 1.54) is 18.7 Å². The van der Waals surface area contributed by atoms with Crippen molar-refractivity contribution in [3.05, 3.63) is 48.5 Å². The minimum Gasteiger partial charge on any atom is -0.326 e. The molecule has 2 aromatic rings. The van der Waals surface area contributed by atoms with Crippen LogP contribution in [-0.4, -0.2) is 30.0 Å². The minimum absolute atomic E-state index is 0.0883. The molecule has 1 fully saturated rings. The number of benzene rings is 2. The Bertz CT molecular complexity index is 852. The third kappa shape index (κ3) is 5.10. The van der Waals surface area contributed by atoms with Gasteiger partial charge in [-0.05, 0) is 42.8 Å². The number of anilines is 3. The molecule has 0 aromatic heterocycles. The van der Waals surface area contributed by atoms with Crippen molar-refractivity contribution in [3.8, 4) is 0 Å². The minimum atomic E-state index is -0.134. The molecule has 0 atom stereocenters. The summed E-state index contributed by atoms with van der Waals surface area (Å²) in [7, 11) is 0. The van der Waals surface area contributed by atoms with E-state index in [4.69, 9.17) is 0 Å². The fourth-order valence-corrected chi connectivity index (χ4v) is 3.59. The largest absolute Gasteiger partial charge is 0.326 e. The molecule has 140 valence electrons. The lowest BCUT2D eigenvalue weighted by Crippen LogP contribution is -2.25. The predicted octanol–water partition coefficient (Wildman–Crippen LogP) is 3.50. The molecule has 1 saturated heterocycles. The number of hydrogen-bond donors (Lipinski definition) is 2. The van der Waals surface area contributed by atoms with E-state index < -0.39 is 0 Å². The van der Waals surface area contributed by atoms with Gasteiger partial charge < -0.3 is 15.5 Å². The van der Waals surface area contributed by atoms with Crippen LogP contribution in [0.15, 0.2) is 53.4 Å². The maximum Gasteiger partial charge on any atom is 0.234 e. The summed E-state index contributed by atoms with van der Waals surface area (Å²) < 4.78 is 0. The lowest BCUT2D eigenvalue weighted by Gasteiger charge is -2.19. The first-order chi connectivity index (χ1) is 13.0. The van der Waals surface area contributed by atoms with Gasteiger partial charge in [-0.3, -0.25) is 14.4 Å². The molecule has 0 aliphatic carbocycles. The summed E-state index contributed by atoms with van der Waals surface area (Å²) >= 11 is 1.41. The molecule has 1 aliphatic rings. The molecule has 7 heteroatoms. The third-order valence-electron chi connectivity index (χ3n) is 4.09. The number of para-hydroxylation sites is 2. The first-order valence-electron chi connectivity index (χ1n) is 8.72. The maximum absolute atomic E-state index is 12.4. The van der Waals surface area contributed by atoms with Crippen molar-refractivity contribution < 1.29 is 14.4 Å². The maximum atomic E-state index is 12.4. The second-order valence-electron chi connectivity index (χ2n) is 6.21. The fraction of sp³-hybridized carbons (Fsp3) is 0.250. The van der Waals surface area contributed by atoms with Crippen molar-refractivity contribution in [3.63, 3.8) is 0 Å². The second-order valence-corrected chi connectivity index (χ2v) is 7.26. The van der Waals surface area contributed by atoms with Crippen LogP contribution in [0.4, 0.5) is 17.1 Å². The van der Waals surface area contributed by atoms with Gasteiger partial charge >= 0.3 is 0 Å². The van der Waals surface area contributed by atoms with Gasteiger partial charge in [-0.1, -0.05) is 12.1 Å². The molecule has 0 unspecified atom stereocenters. The number of carbonyl (C=O) groups excluding carboxylic acids is 3. The summed E-state index contributed by atoms with van der Waals surface area (Å²) in [5.41, 5.74) is 2.12. The van der Waals surface area contributed by atoms with Gasteiger partial charge in [-0.2, -0.15) is 0 Å². The Morgan fingerprint density at radius 2 is 1.81 bits per heavy atom. The monoisotopic (exact) mass is 383 g/mol. The van der Waals surface area contributed by atoms with E-state index in [0.29, 0.717) is 18.7 Å². The quantitative estimate of drug-likeness (QED) is 0.749. The van der Waals surface area contributed by atoms with E-state index in [2.05, 4.69) is 10.6 Å². The molecule has 6 nitrogen and oxygen atoms in total. The molecule has 27 heavy (non-hydrogen) atoms. The van der Waals surface area contributed by atoms with Crippen molar-refractivity contribution in [2.75, 3.05) is 27.8 Å². The van der Waals surface area contributed by atoms with Crippen LogP contribution < -0.4 is 15.5 Å². The van der Waals surface area contributed by atoms with Crippen molar-refractivity contribution in [2.24, 2.45) is 0 Å². The number of nitrogens with zero attached hydrogens (tertiary/aromatic N) is 1. The predicted molar refractivity (Wildman–Crippen MR) is 108 cm³/mol. The highest BCUT2D eigenvalue weighted by Gasteiger charge is 2.24. The third-order valence-corrected chi connectivity index (χ3v) is 5.10. The Morgan fingerprint density at radius 1 is 1.07 bits per heavy atom. The number of hydrogen-bond acceptors (Lipinski definition) is 4. The van der Waals surface area contributed by atoms with E-state index in [-0.39, 0.29) is 23.5 Å². The van der Waals surface area contributed by atoms with Crippen molar-refractivity contribution in [1.82, 2.24) is 0 Å². The Labute approximate surface area is 162 Å². The Morgan fingerprint density at radius 3 is 2.48 bits per heavy atom. The number of amides is 3. The first-order valence-corrected chi connectivity index (χ1v) is 9.71. The number of thioether (sulfide) groups is 1. The average Bonchev–Trinajstić information content (AvgIpc) is 3.07. The van der Waals surface area contributed by atoms with Crippen molar-refractivity contribution >= 4 is 46.5 Å². The highest BCUT2D eigenvalue weighted by Crippen LogP contribution is 2.29. The molecule has 0 radical (unpaired) electrons. The molecule has 0 spiro atoms. The van der Waals surface area contributed by atoms with Crippen molar-refractivity contribution in [1.29, 1.82) is 0 Å². The van der Waals surface area contributed by atoms with E-state index in [1.807, 2.05) is 36.4 Å². The van der Waals surface area contributed by atoms with Crippen LogP contribution in [0.5, 0.6) is 0 Å². The fourth-order valence-electron chi connectivity index (χ4n) is 2.89. The Hall–Kier alpha value is -2.80. The van der Waals surface area contributed by atoms with E-state index in [1.54, 1.807) is 17.0 Å². The Balaban J connectivity index is 1.58.